The van der Waals surface area contributed by atoms with Gasteiger partial charge in [0.15, 0.2) is 5.65 Å². The fraction of sp³-hybridized carbons (Fsp3) is 0.300. The van der Waals surface area contributed by atoms with Gasteiger partial charge in [0, 0.05) is 16.8 Å². The number of rotatable bonds is 3. The van der Waals surface area contributed by atoms with Crippen molar-refractivity contribution in [2.45, 2.75) is 39.7 Å². The summed E-state index contributed by atoms with van der Waals surface area (Å²) in [5, 5.41) is 15.9. The van der Waals surface area contributed by atoms with Crippen LogP contribution in [0.3, 0.4) is 0 Å². The van der Waals surface area contributed by atoms with Gasteiger partial charge in [0.1, 0.15) is 17.2 Å². The highest BCUT2D eigenvalue weighted by Crippen LogP contribution is 2.25. The van der Waals surface area contributed by atoms with Gasteiger partial charge in [-0.1, -0.05) is 19.1 Å². The molecule has 0 unspecified atom stereocenters. The molecule has 1 amide bonds. The molecule has 0 radical (unpaired) electrons. The molecule has 0 aliphatic carbocycles. The van der Waals surface area contributed by atoms with E-state index in [1.807, 2.05) is 19.1 Å². The van der Waals surface area contributed by atoms with Crippen molar-refractivity contribution in [1.82, 2.24) is 14.6 Å². The van der Waals surface area contributed by atoms with Crippen LogP contribution < -0.4 is 10.9 Å². The SMILES string of the molecule is CCc1c(-c2cccc(NC(=O)OC(C)(C)C)c2)[nH]c2c(C#N)cnn2c1=O. The summed E-state index contributed by atoms with van der Waals surface area (Å²) >= 11 is 0. The first-order chi connectivity index (χ1) is 13.2. The van der Waals surface area contributed by atoms with Gasteiger partial charge in [0.2, 0.25) is 0 Å². The molecule has 0 saturated heterocycles. The molecule has 0 saturated carbocycles. The Balaban J connectivity index is 2.06. The van der Waals surface area contributed by atoms with Crippen molar-refractivity contribution in [1.29, 1.82) is 5.26 Å². The zero-order valence-electron chi connectivity index (χ0n) is 16.2. The van der Waals surface area contributed by atoms with Gasteiger partial charge in [0.25, 0.3) is 5.56 Å². The Morgan fingerprint density at radius 1 is 1.39 bits per heavy atom. The van der Waals surface area contributed by atoms with E-state index in [1.165, 1.54) is 10.7 Å². The van der Waals surface area contributed by atoms with Crippen molar-refractivity contribution in [3.05, 3.63) is 51.9 Å². The molecule has 144 valence electrons. The second kappa shape index (κ2) is 7.19. The number of carbonyl (C=O) groups is 1. The van der Waals surface area contributed by atoms with Gasteiger partial charge < -0.3 is 9.72 Å². The summed E-state index contributed by atoms with van der Waals surface area (Å²) in [4.78, 5) is 28.0. The van der Waals surface area contributed by atoms with Crippen molar-refractivity contribution in [3.8, 4) is 17.3 Å². The zero-order chi connectivity index (χ0) is 20.5. The highest BCUT2D eigenvalue weighted by molar-refractivity contribution is 5.86. The van der Waals surface area contributed by atoms with Crippen LogP contribution in [0.25, 0.3) is 16.9 Å². The smallest absolute Gasteiger partial charge is 0.412 e. The predicted molar refractivity (Wildman–Crippen MR) is 105 cm³/mol. The molecule has 1 aromatic carbocycles. The molecule has 28 heavy (non-hydrogen) atoms. The lowest BCUT2D eigenvalue weighted by Gasteiger charge is -2.20. The van der Waals surface area contributed by atoms with Crippen LogP contribution in [0.5, 0.6) is 0 Å². The number of nitrogens with one attached hydrogen (secondary N) is 2. The maximum absolute atomic E-state index is 12.8. The summed E-state index contributed by atoms with van der Waals surface area (Å²) in [7, 11) is 0. The van der Waals surface area contributed by atoms with Crippen molar-refractivity contribution in [2.24, 2.45) is 0 Å². The standard InChI is InChI=1S/C20H21N5O3/c1-5-15-16(24-17-13(10-21)11-22-25(17)18(15)26)12-7-6-8-14(9-12)23-19(27)28-20(2,3)4/h6-9,11,24H,5H2,1-4H3,(H,23,27). The number of H-pyrrole nitrogens is 1. The minimum atomic E-state index is -0.608. The molecule has 0 bridgehead atoms. The maximum Gasteiger partial charge on any atom is 0.412 e. The van der Waals surface area contributed by atoms with Gasteiger partial charge in [-0.05, 0) is 39.3 Å². The van der Waals surface area contributed by atoms with E-state index in [4.69, 9.17) is 4.74 Å². The van der Waals surface area contributed by atoms with Gasteiger partial charge in [-0.25, -0.2) is 4.79 Å². The molecule has 8 nitrogen and oxygen atoms in total. The van der Waals surface area contributed by atoms with E-state index in [1.54, 1.807) is 39.0 Å². The predicted octanol–water partition coefficient (Wildman–Crippen LogP) is 3.47. The lowest BCUT2D eigenvalue weighted by atomic mass is 10.0. The van der Waals surface area contributed by atoms with Crippen LogP contribution in [0.15, 0.2) is 35.3 Å². The number of ether oxygens (including phenoxy) is 1. The number of aromatic nitrogens is 3. The highest BCUT2D eigenvalue weighted by atomic mass is 16.6. The van der Waals surface area contributed by atoms with E-state index in [-0.39, 0.29) is 11.1 Å². The molecule has 8 heteroatoms. The van der Waals surface area contributed by atoms with Crippen LogP contribution in [0.1, 0.15) is 38.8 Å². The number of hydrogen-bond acceptors (Lipinski definition) is 5. The van der Waals surface area contributed by atoms with E-state index in [9.17, 15) is 14.9 Å². The average Bonchev–Trinajstić information content (AvgIpc) is 3.03. The Bertz CT molecular complexity index is 1150. The minimum absolute atomic E-state index is 0.279. The summed E-state index contributed by atoms with van der Waals surface area (Å²) in [6.07, 6.45) is 1.27. The molecule has 0 aliphatic rings. The second-order valence-corrected chi connectivity index (χ2v) is 7.28. The molecule has 2 heterocycles. The third-order valence-corrected chi connectivity index (χ3v) is 4.04. The van der Waals surface area contributed by atoms with E-state index in [0.717, 1.165) is 0 Å². The molecule has 0 fully saturated rings. The Hall–Kier alpha value is -3.60. The van der Waals surface area contributed by atoms with Crippen LogP contribution in [0.4, 0.5) is 10.5 Å². The third-order valence-electron chi connectivity index (χ3n) is 4.04. The fourth-order valence-electron chi connectivity index (χ4n) is 2.88. The van der Waals surface area contributed by atoms with E-state index in [2.05, 4.69) is 15.4 Å². The first kappa shape index (κ1) is 19.2. The van der Waals surface area contributed by atoms with Gasteiger partial charge >= 0.3 is 6.09 Å². The summed E-state index contributed by atoms with van der Waals surface area (Å²) in [6.45, 7) is 7.23. The number of carbonyl (C=O) groups excluding carboxylic acids is 1. The van der Waals surface area contributed by atoms with Crippen LogP contribution in [-0.2, 0) is 11.2 Å². The molecule has 2 aromatic heterocycles. The summed E-state index contributed by atoms with van der Waals surface area (Å²) in [5.41, 5.74) is 2.09. The molecule has 0 spiro atoms. The lowest BCUT2D eigenvalue weighted by Crippen LogP contribution is -2.27. The van der Waals surface area contributed by atoms with Crippen LogP contribution in [0.2, 0.25) is 0 Å². The number of nitriles is 1. The Morgan fingerprint density at radius 3 is 2.79 bits per heavy atom. The second-order valence-electron chi connectivity index (χ2n) is 7.28. The number of benzene rings is 1. The molecular formula is C20H21N5O3. The van der Waals surface area contributed by atoms with Gasteiger partial charge in [-0.15, -0.1) is 0 Å². The monoisotopic (exact) mass is 379 g/mol. The average molecular weight is 379 g/mol. The van der Waals surface area contributed by atoms with Crippen molar-refractivity contribution in [3.63, 3.8) is 0 Å². The topological polar surface area (TPSA) is 112 Å². The van der Waals surface area contributed by atoms with Crippen molar-refractivity contribution < 1.29 is 9.53 Å². The van der Waals surface area contributed by atoms with Crippen LogP contribution in [0, 0.1) is 11.3 Å². The number of hydrogen-bond donors (Lipinski definition) is 2. The van der Waals surface area contributed by atoms with Gasteiger partial charge in [-0.2, -0.15) is 14.9 Å². The minimum Gasteiger partial charge on any atom is -0.444 e. The summed E-state index contributed by atoms with van der Waals surface area (Å²) in [5.74, 6) is 0. The van der Waals surface area contributed by atoms with E-state index >= 15 is 0 Å². The first-order valence-corrected chi connectivity index (χ1v) is 8.87. The summed E-state index contributed by atoms with van der Waals surface area (Å²) < 4.78 is 6.47. The number of anilines is 1. The van der Waals surface area contributed by atoms with Gasteiger partial charge in [-0.3, -0.25) is 10.1 Å². The summed E-state index contributed by atoms with van der Waals surface area (Å²) in [6, 6.07) is 9.09. The number of fused-ring (bicyclic) bond motifs is 1. The van der Waals surface area contributed by atoms with E-state index < -0.39 is 11.7 Å². The molecule has 0 atom stereocenters. The fourth-order valence-corrected chi connectivity index (χ4v) is 2.88. The van der Waals surface area contributed by atoms with Crippen molar-refractivity contribution >= 4 is 17.4 Å². The number of amides is 1. The third kappa shape index (κ3) is 3.74. The van der Waals surface area contributed by atoms with Crippen LogP contribution >= 0.6 is 0 Å². The molecule has 3 aromatic rings. The highest BCUT2D eigenvalue weighted by Gasteiger charge is 2.18. The Labute approximate surface area is 161 Å². The Kier molecular flexibility index (Phi) is 4.92. The lowest BCUT2D eigenvalue weighted by molar-refractivity contribution is 0.0636. The molecular weight excluding hydrogens is 358 g/mol. The quantitative estimate of drug-likeness (QED) is 0.723. The largest absolute Gasteiger partial charge is 0.444 e. The van der Waals surface area contributed by atoms with Crippen LogP contribution in [-0.4, -0.2) is 26.3 Å². The zero-order valence-corrected chi connectivity index (χ0v) is 16.2. The van der Waals surface area contributed by atoms with Crippen molar-refractivity contribution in [2.75, 3.05) is 5.32 Å². The molecule has 0 aliphatic heterocycles. The maximum atomic E-state index is 12.8. The first-order valence-electron chi connectivity index (χ1n) is 8.87. The Morgan fingerprint density at radius 2 is 2.14 bits per heavy atom. The van der Waals surface area contributed by atoms with Gasteiger partial charge in [0.05, 0.1) is 11.9 Å². The molecule has 2 N–H and O–H groups in total. The number of aromatic amines is 1. The normalized spacial score (nSPS) is 11.2. The number of nitrogens with zero attached hydrogens (tertiary/aromatic N) is 3. The molecule has 3 rings (SSSR count). The van der Waals surface area contributed by atoms with E-state index in [0.29, 0.717) is 34.6 Å².